The Bertz CT molecular complexity index is 495. The quantitative estimate of drug-likeness (QED) is 0.792. The minimum atomic E-state index is -4.57. The van der Waals surface area contributed by atoms with Crippen molar-refractivity contribution in [2.45, 2.75) is 31.2 Å². The van der Waals surface area contributed by atoms with E-state index in [4.69, 9.17) is 10.2 Å². The van der Waals surface area contributed by atoms with Crippen LogP contribution in [0.2, 0.25) is 0 Å². The van der Waals surface area contributed by atoms with Crippen LogP contribution < -0.4 is 5.32 Å². The smallest absolute Gasteiger partial charge is 0.416 e. The Morgan fingerprint density at radius 3 is 2.42 bits per heavy atom. The van der Waals surface area contributed by atoms with Crippen molar-refractivity contribution >= 4 is 11.7 Å². The number of benzene rings is 1. The van der Waals surface area contributed by atoms with Crippen molar-refractivity contribution in [3.8, 4) is 0 Å². The highest BCUT2D eigenvalue weighted by Crippen LogP contribution is 2.33. The molecule has 0 spiro atoms. The zero-order valence-corrected chi connectivity index (χ0v) is 9.74. The summed E-state index contributed by atoms with van der Waals surface area (Å²) in [6.45, 7) is 0. The maximum Gasteiger partial charge on any atom is 0.416 e. The summed E-state index contributed by atoms with van der Waals surface area (Å²) in [7, 11) is 0. The molecular formula is C12H12F3NO3. The van der Waals surface area contributed by atoms with Gasteiger partial charge in [0.25, 0.3) is 0 Å². The average Bonchev–Trinajstić information content (AvgIpc) is 2.25. The van der Waals surface area contributed by atoms with E-state index in [0.717, 1.165) is 12.1 Å². The van der Waals surface area contributed by atoms with Gasteiger partial charge in [0.2, 0.25) is 0 Å². The minimum Gasteiger partial charge on any atom is -0.478 e. The standard InChI is InChI=1S/C12H12F3NO3/c13-12(14,15)6-1-2-10(9(3-6)11(18)19)16-7-4-8(17)5-7/h1-3,7-8,16-17H,4-5H2,(H,18,19). The van der Waals surface area contributed by atoms with Gasteiger partial charge in [-0.2, -0.15) is 13.2 Å². The van der Waals surface area contributed by atoms with E-state index in [0.29, 0.717) is 18.9 Å². The van der Waals surface area contributed by atoms with Crippen LogP contribution in [0.1, 0.15) is 28.8 Å². The topological polar surface area (TPSA) is 69.6 Å². The Kier molecular flexibility index (Phi) is 3.40. The van der Waals surface area contributed by atoms with Crippen molar-refractivity contribution < 1.29 is 28.2 Å². The summed E-state index contributed by atoms with van der Waals surface area (Å²) in [6.07, 6.45) is -4.09. The molecule has 4 nitrogen and oxygen atoms in total. The number of carboxylic acids is 1. The summed E-state index contributed by atoms with van der Waals surface area (Å²) in [4.78, 5) is 11.0. The first-order valence-electron chi connectivity index (χ1n) is 5.66. The lowest BCUT2D eigenvalue weighted by atomic mass is 9.89. The number of halogens is 3. The molecule has 0 radical (unpaired) electrons. The van der Waals surface area contributed by atoms with E-state index in [1.807, 2.05) is 0 Å². The van der Waals surface area contributed by atoms with Gasteiger partial charge in [-0.25, -0.2) is 4.79 Å². The van der Waals surface area contributed by atoms with Crippen LogP contribution in [0, 0.1) is 0 Å². The maximum absolute atomic E-state index is 12.5. The molecule has 1 aliphatic rings. The van der Waals surface area contributed by atoms with Gasteiger partial charge < -0.3 is 15.5 Å². The number of alkyl halides is 3. The first kappa shape index (κ1) is 13.7. The summed E-state index contributed by atoms with van der Waals surface area (Å²) in [6, 6.07) is 2.45. The van der Waals surface area contributed by atoms with E-state index in [1.165, 1.54) is 0 Å². The minimum absolute atomic E-state index is 0.107. The SMILES string of the molecule is O=C(O)c1cc(C(F)(F)F)ccc1NC1CC(O)C1. The number of hydrogen-bond donors (Lipinski definition) is 3. The fourth-order valence-electron chi connectivity index (χ4n) is 1.95. The van der Waals surface area contributed by atoms with Crippen LogP contribution in [0.4, 0.5) is 18.9 Å². The Morgan fingerprint density at radius 1 is 1.32 bits per heavy atom. The van der Waals surface area contributed by atoms with Crippen LogP contribution in [-0.4, -0.2) is 28.3 Å². The van der Waals surface area contributed by atoms with Crippen LogP contribution in [0.3, 0.4) is 0 Å². The molecule has 0 amide bonds. The normalized spacial score (nSPS) is 22.7. The Labute approximate surface area is 106 Å². The maximum atomic E-state index is 12.5. The van der Waals surface area contributed by atoms with Gasteiger partial charge in [0.05, 0.1) is 17.2 Å². The van der Waals surface area contributed by atoms with Gasteiger partial charge in [-0.05, 0) is 31.0 Å². The van der Waals surface area contributed by atoms with Crippen LogP contribution >= 0.6 is 0 Å². The van der Waals surface area contributed by atoms with Crippen LogP contribution in [0.25, 0.3) is 0 Å². The molecule has 0 aromatic heterocycles. The molecule has 1 fully saturated rings. The van der Waals surface area contributed by atoms with E-state index in [2.05, 4.69) is 5.32 Å². The zero-order chi connectivity index (χ0) is 14.2. The molecule has 1 saturated carbocycles. The number of rotatable bonds is 3. The Balaban J connectivity index is 2.25. The highest BCUT2D eigenvalue weighted by molar-refractivity contribution is 5.94. The molecule has 0 heterocycles. The number of hydrogen-bond acceptors (Lipinski definition) is 3. The Morgan fingerprint density at radius 2 is 1.95 bits per heavy atom. The highest BCUT2D eigenvalue weighted by atomic mass is 19.4. The second-order valence-corrected chi connectivity index (χ2v) is 4.53. The predicted octanol–water partition coefficient (Wildman–Crippen LogP) is 2.34. The lowest BCUT2D eigenvalue weighted by Gasteiger charge is -2.33. The van der Waals surface area contributed by atoms with Crippen molar-refractivity contribution in [1.29, 1.82) is 0 Å². The summed E-state index contributed by atoms with van der Waals surface area (Å²) in [5, 5.41) is 20.9. The molecular weight excluding hydrogens is 263 g/mol. The molecule has 0 bridgehead atoms. The number of nitrogens with one attached hydrogen (secondary N) is 1. The molecule has 7 heteroatoms. The highest BCUT2D eigenvalue weighted by Gasteiger charge is 2.33. The van der Waals surface area contributed by atoms with Crippen LogP contribution in [-0.2, 0) is 6.18 Å². The summed E-state index contributed by atoms with van der Waals surface area (Å²) < 4.78 is 37.5. The zero-order valence-electron chi connectivity index (χ0n) is 9.74. The predicted molar refractivity (Wildman–Crippen MR) is 61.1 cm³/mol. The van der Waals surface area contributed by atoms with E-state index in [-0.39, 0.29) is 11.7 Å². The molecule has 1 aliphatic carbocycles. The lowest BCUT2D eigenvalue weighted by molar-refractivity contribution is -0.137. The van der Waals surface area contributed by atoms with Gasteiger partial charge in [-0.3, -0.25) is 0 Å². The number of aliphatic hydroxyl groups excluding tert-OH is 1. The molecule has 0 saturated heterocycles. The van der Waals surface area contributed by atoms with E-state index < -0.39 is 29.4 Å². The van der Waals surface area contributed by atoms with Crippen molar-refractivity contribution in [2.75, 3.05) is 5.32 Å². The van der Waals surface area contributed by atoms with Gasteiger partial charge in [0.1, 0.15) is 0 Å². The fraction of sp³-hybridized carbons (Fsp3) is 0.417. The second-order valence-electron chi connectivity index (χ2n) is 4.53. The Hall–Kier alpha value is -1.76. The first-order valence-corrected chi connectivity index (χ1v) is 5.66. The first-order chi connectivity index (χ1) is 8.77. The monoisotopic (exact) mass is 275 g/mol. The number of carbonyl (C=O) groups is 1. The van der Waals surface area contributed by atoms with Crippen molar-refractivity contribution in [2.24, 2.45) is 0 Å². The number of carboxylic acid groups (broad SMARTS) is 1. The van der Waals surface area contributed by atoms with Crippen molar-refractivity contribution in [3.05, 3.63) is 29.3 Å². The summed E-state index contributed by atoms with van der Waals surface area (Å²) >= 11 is 0. The van der Waals surface area contributed by atoms with Crippen LogP contribution in [0.15, 0.2) is 18.2 Å². The number of anilines is 1. The molecule has 1 aromatic carbocycles. The fourth-order valence-corrected chi connectivity index (χ4v) is 1.95. The van der Waals surface area contributed by atoms with Gasteiger partial charge in [-0.1, -0.05) is 0 Å². The van der Waals surface area contributed by atoms with Gasteiger partial charge in [0.15, 0.2) is 0 Å². The molecule has 0 aliphatic heterocycles. The van der Waals surface area contributed by atoms with Crippen molar-refractivity contribution in [1.82, 2.24) is 0 Å². The number of aliphatic hydroxyl groups is 1. The van der Waals surface area contributed by atoms with E-state index >= 15 is 0 Å². The average molecular weight is 275 g/mol. The third-order valence-electron chi connectivity index (χ3n) is 3.05. The van der Waals surface area contributed by atoms with Gasteiger partial charge in [0, 0.05) is 11.7 Å². The third kappa shape index (κ3) is 2.98. The largest absolute Gasteiger partial charge is 0.478 e. The molecule has 3 N–H and O–H groups in total. The van der Waals surface area contributed by atoms with Gasteiger partial charge >= 0.3 is 12.1 Å². The number of aromatic carboxylic acids is 1. The second kappa shape index (κ2) is 4.73. The molecule has 19 heavy (non-hydrogen) atoms. The third-order valence-corrected chi connectivity index (χ3v) is 3.05. The molecule has 1 aromatic rings. The molecule has 2 rings (SSSR count). The van der Waals surface area contributed by atoms with Crippen LogP contribution in [0.5, 0.6) is 0 Å². The van der Waals surface area contributed by atoms with E-state index in [1.54, 1.807) is 0 Å². The van der Waals surface area contributed by atoms with Gasteiger partial charge in [-0.15, -0.1) is 0 Å². The lowest BCUT2D eigenvalue weighted by Crippen LogP contribution is -2.39. The molecule has 104 valence electrons. The molecule has 0 unspecified atom stereocenters. The van der Waals surface area contributed by atoms with E-state index in [9.17, 15) is 18.0 Å². The summed E-state index contributed by atoms with van der Waals surface area (Å²) in [5.41, 5.74) is -1.28. The van der Waals surface area contributed by atoms with Crippen molar-refractivity contribution in [3.63, 3.8) is 0 Å². The summed E-state index contributed by atoms with van der Waals surface area (Å²) in [5.74, 6) is -1.42. The molecule has 0 atom stereocenters.